The molecule has 1 fully saturated rings. The van der Waals surface area contributed by atoms with E-state index in [-0.39, 0.29) is 18.0 Å². The lowest BCUT2D eigenvalue weighted by Gasteiger charge is -2.10. The van der Waals surface area contributed by atoms with Gasteiger partial charge in [0, 0.05) is 6.04 Å². The molecule has 1 aromatic carbocycles. The van der Waals surface area contributed by atoms with Crippen molar-refractivity contribution >= 4 is 12.4 Å². The van der Waals surface area contributed by atoms with Gasteiger partial charge in [-0.25, -0.2) is 4.39 Å². The highest BCUT2D eigenvalue weighted by molar-refractivity contribution is 5.85. The molecule has 1 atom stereocenters. The largest absolute Gasteiger partial charge is 0.310 e. The van der Waals surface area contributed by atoms with Crippen molar-refractivity contribution in [2.45, 2.75) is 18.9 Å². The first-order valence-corrected chi connectivity index (χ1v) is 4.74. The molecule has 0 saturated carbocycles. The zero-order valence-electron chi connectivity index (χ0n) is 8.16. The van der Waals surface area contributed by atoms with Crippen molar-refractivity contribution in [2.24, 2.45) is 0 Å². The van der Waals surface area contributed by atoms with Gasteiger partial charge in [0.2, 0.25) is 0 Å². The first kappa shape index (κ1) is 12.0. The predicted octanol–water partition coefficient (Wildman–Crippen LogP) is 2.54. The molecule has 1 saturated heterocycles. The predicted molar refractivity (Wildman–Crippen MR) is 58.3 cm³/mol. The summed E-state index contributed by atoms with van der Waals surface area (Å²) in [6, 6.07) is 6.91. The third kappa shape index (κ3) is 2.47. The summed E-state index contributed by atoms with van der Waals surface area (Å²) >= 11 is 0. The Labute approximate surface area is 94.5 Å². The zero-order valence-corrected chi connectivity index (χ0v) is 8.98. The van der Waals surface area contributed by atoms with Crippen molar-refractivity contribution in [1.29, 1.82) is 5.26 Å². The van der Waals surface area contributed by atoms with E-state index in [9.17, 15) is 4.39 Å². The van der Waals surface area contributed by atoms with Crippen LogP contribution in [0.2, 0.25) is 0 Å². The van der Waals surface area contributed by atoms with E-state index in [0.29, 0.717) is 6.04 Å². The number of benzene rings is 1. The summed E-state index contributed by atoms with van der Waals surface area (Å²) in [6.07, 6.45) is 2.21. The Morgan fingerprint density at radius 3 is 2.87 bits per heavy atom. The van der Waals surface area contributed by atoms with E-state index in [1.54, 1.807) is 12.1 Å². The van der Waals surface area contributed by atoms with Gasteiger partial charge >= 0.3 is 0 Å². The summed E-state index contributed by atoms with van der Waals surface area (Å²) in [5.74, 6) is -0.436. The molecule has 0 radical (unpaired) electrons. The number of rotatable bonds is 1. The third-order valence-electron chi connectivity index (χ3n) is 2.57. The van der Waals surface area contributed by atoms with Gasteiger partial charge in [-0.3, -0.25) is 0 Å². The lowest BCUT2D eigenvalue weighted by Crippen LogP contribution is -2.13. The number of nitriles is 1. The van der Waals surface area contributed by atoms with Crippen LogP contribution >= 0.6 is 12.4 Å². The molecule has 0 unspecified atom stereocenters. The fraction of sp³-hybridized carbons (Fsp3) is 0.364. The molecule has 0 spiro atoms. The molecule has 1 aliphatic heterocycles. The number of nitrogens with zero attached hydrogens (tertiary/aromatic N) is 1. The maximum atomic E-state index is 13.0. The molecular formula is C11H12ClFN2. The summed E-state index contributed by atoms with van der Waals surface area (Å²) in [4.78, 5) is 0. The molecule has 15 heavy (non-hydrogen) atoms. The number of hydrogen-bond donors (Lipinski definition) is 1. The van der Waals surface area contributed by atoms with Gasteiger partial charge < -0.3 is 5.32 Å². The van der Waals surface area contributed by atoms with Crippen molar-refractivity contribution in [2.75, 3.05) is 6.54 Å². The van der Waals surface area contributed by atoms with Crippen LogP contribution in [0.3, 0.4) is 0 Å². The minimum atomic E-state index is -0.436. The van der Waals surface area contributed by atoms with Gasteiger partial charge in [0.15, 0.2) is 0 Å². The zero-order chi connectivity index (χ0) is 9.97. The summed E-state index contributed by atoms with van der Waals surface area (Å²) < 4.78 is 13.0. The van der Waals surface area contributed by atoms with Crippen molar-refractivity contribution in [3.63, 3.8) is 0 Å². The second-order valence-electron chi connectivity index (χ2n) is 3.50. The number of hydrogen-bond acceptors (Lipinski definition) is 2. The van der Waals surface area contributed by atoms with E-state index < -0.39 is 5.82 Å². The van der Waals surface area contributed by atoms with E-state index in [2.05, 4.69) is 5.32 Å². The molecule has 2 nitrogen and oxygen atoms in total. The van der Waals surface area contributed by atoms with Gasteiger partial charge in [-0.15, -0.1) is 12.4 Å². The highest BCUT2D eigenvalue weighted by Crippen LogP contribution is 2.24. The van der Waals surface area contributed by atoms with Crippen LogP contribution in [0.5, 0.6) is 0 Å². The summed E-state index contributed by atoms with van der Waals surface area (Å²) in [6.45, 7) is 1.00. The average molecular weight is 227 g/mol. The van der Waals surface area contributed by atoms with E-state index in [1.165, 1.54) is 6.07 Å². The molecule has 1 aliphatic rings. The molecule has 0 aromatic heterocycles. The van der Waals surface area contributed by atoms with Gasteiger partial charge in [-0.1, -0.05) is 6.07 Å². The Morgan fingerprint density at radius 2 is 2.27 bits per heavy atom. The standard InChI is InChI=1S/C11H11FN2.ClH/c12-10-4-3-8(6-9(10)7-13)11-2-1-5-14-11;/h3-4,6,11,14H,1-2,5H2;1H/t11-;/m1./s1. The summed E-state index contributed by atoms with van der Waals surface area (Å²) in [5.41, 5.74) is 1.15. The molecule has 1 heterocycles. The van der Waals surface area contributed by atoms with Gasteiger partial charge in [-0.2, -0.15) is 5.26 Å². The SMILES string of the molecule is Cl.N#Cc1cc([C@H]2CCCN2)ccc1F. The quantitative estimate of drug-likeness (QED) is 0.799. The Balaban J connectivity index is 0.00000112. The molecule has 80 valence electrons. The molecule has 1 N–H and O–H groups in total. The van der Waals surface area contributed by atoms with E-state index in [4.69, 9.17) is 5.26 Å². The smallest absolute Gasteiger partial charge is 0.140 e. The normalized spacial score (nSPS) is 19.3. The minimum Gasteiger partial charge on any atom is -0.310 e. The van der Waals surface area contributed by atoms with Gasteiger partial charge in [0.1, 0.15) is 11.9 Å². The molecule has 0 amide bonds. The van der Waals surface area contributed by atoms with E-state index in [1.807, 2.05) is 6.07 Å². The van der Waals surface area contributed by atoms with Crippen LogP contribution in [-0.4, -0.2) is 6.54 Å². The highest BCUT2D eigenvalue weighted by atomic mass is 35.5. The molecule has 4 heteroatoms. The monoisotopic (exact) mass is 226 g/mol. The summed E-state index contributed by atoms with van der Waals surface area (Å²) in [7, 11) is 0. The Morgan fingerprint density at radius 1 is 1.47 bits per heavy atom. The molecule has 0 aliphatic carbocycles. The molecule has 1 aromatic rings. The van der Waals surface area contributed by atoms with Crippen LogP contribution in [0.15, 0.2) is 18.2 Å². The lowest BCUT2D eigenvalue weighted by atomic mass is 10.0. The van der Waals surface area contributed by atoms with Crippen molar-refractivity contribution in [3.05, 3.63) is 35.1 Å². The van der Waals surface area contributed by atoms with Crippen LogP contribution in [0.4, 0.5) is 4.39 Å². The summed E-state index contributed by atoms with van der Waals surface area (Å²) in [5, 5.41) is 12.0. The molecule has 2 rings (SSSR count). The lowest BCUT2D eigenvalue weighted by molar-refractivity contribution is 0.614. The van der Waals surface area contributed by atoms with Crippen molar-refractivity contribution in [3.8, 4) is 6.07 Å². The van der Waals surface area contributed by atoms with E-state index >= 15 is 0 Å². The second kappa shape index (κ2) is 5.11. The Hall–Kier alpha value is -1.11. The highest BCUT2D eigenvalue weighted by Gasteiger charge is 2.17. The Bertz CT molecular complexity index is 381. The topological polar surface area (TPSA) is 35.8 Å². The molecular weight excluding hydrogens is 215 g/mol. The first-order valence-electron chi connectivity index (χ1n) is 4.74. The fourth-order valence-electron chi connectivity index (χ4n) is 1.81. The minimum absolute atomic E-state index is 0. The van der Waals surface area contributed by atoms with Gasteiger partial charge in [0.25, 0.3) is 0 Å². The van der Waals surface area contributed by atoms with Crippen LogP contribution in [0.1, 0.15) is 30.0 Å². The number of nitrogens with one attached hydrogen (secondary N) is 1. The van der Waals surface area contributed by atoms with Crippen molar-refractivity contribution < 1.29 is 4.39 Å². The van der Waals surface area contributed by atoms with Crippen LogP contribution in [0, 0.1) is 17.1 Å². The van der Waals surface area contributed by atoms with Crippen LogP contribution in [-0.2, 0) is 0 Å². The van der Waals surface area contributed by atoms with Crippen LogP contribution in [0.25, 0.3) is 0 Å². The third-order valence-corrected chi connectivity index (χ3v) is 2.57. The average Bonchev–Trinajstić information content (AvgIpc) is 2.71. The first-order chi connectivity index (χ1) is 6.81. The van der Waals surface area contributed by atoms with Gasteiger partial charge in [0.05, 0.1) is 5.56 Å². The second-order valence-corrected chi connectivity index (χ2v) is 3.50. The maximum Gasteiger partial charge on any atom is 0.140 e. The van der Waals surface area contributed by atoms with E-state index in [0.717, 1.165) is 24.9 Å². The van der Waals surface area contributed by atoms with Gasteiger partial charge in [-0.05, 0) is 37.1 Å². The van der Waals surface area contributed by atoms with Crippen LogP contribution < -0.4 is 5.32 Å². The molecule has 0 bridgehead atoms. The number of halogens is 2. The fourth-order valence-corrected chi connectivity index (χ4v) is 1.81. The maximum absolute atomic E-state index is 13.0. The Kier molecular flexibility index (Phi) is 4.07. The van der Waals surface area contributed by atoms with Crippen molar-refractivity contribution in [1.82, 2.24) is 5.32 Å².